The molecule has 0 radical (unpaired) electrons. The largest absolute Gasteiger partial charge is 0.350 e. The third-order valence-corrected chi connectivity index (χ3v) is 2.03. The molecule has 0 saturated heterocycles. The number of hydrogen-bond acceptors (Lipinski definition) is 3. The molecule has 1 rings (SSSR count). The van der Waals surface area contributed by atoms with Gasteiger partial charge in [-0.2, -0.15) is 0 Å². The van der Waals surface area contributed by atoms with E-state index in [9.17, 15) is 4.79 Å². The van der Waals surface area contributed by atoms with E-state index in [1.54, 1.807) is 10.9 Å². The minimum absolute atomic E-state index is 0.0869. The molecular formula is C9H14N2OS. The number of rotatable bonds is 2. The zero-order valence-electron chi connectivity index (χ0n) is 8.13. The monoisotopic (exact) mass is 198 g/mol. The summed E-state index contributed by atoms with van der Waals surface area (Å²) in [5, 5.41) is 4.58. The van der Waals surface area contributed by atoms with Crippen LogP contribution in [0.3, 0.4) is 0 Å². The van der Waals surface area contributed by atoms with Crippen molar-refractivity contribution < 1.29 is 4.79 Å². The molecule has 0 saturated carbocycles. The van der Waals surface area contributed by atoms with Crippen molar-refractivity contribution in [2.75, 3.05) is 6.54 Å². The van der Waals surface area contributed by atoms with Gasteiger partial charge in [0, 0.05) is 11.9 Å². The number of nitrogens with one attached hydrogen (secondary N) is 1. The van der Waals surface area contributed by atoms with Crippen LogP contribution >= 0.6 is 11.3 Å². The third kappa shape index (κ3) is 3.55. The maximum atomic E-state index is 11.4. The summed E-state index contributed by atoms with van der Waals surface area (Å²) in [4.78, 5) is 15.3. The van der Waals surface area contributed by atoms with E-state index in [0.717, 1.165) is 0 Å². The molecule has 0 aliphatic rings. The molecule has 1 aromatic heterocycles. The van der Waals surface area contributed by atoms with Crippen LogP contribution < -0.4 is 5.32 Å². The average Bonchev–Trinajstić information content (AvgIpc) is 2.50. The molecule has 0 unspecified atom stereocenters. The Hall–Kier alpha value is -0.900. The Morgan fingerprint density at radius 2 is 2.31 bits per heavy atom. The highest BCUT2D eigenvalue weighted by molar-refractivity contribution is 7.07. The molecule has 72 valence electrons. The Bertz CT molecular complexity index is 274. The van der Waals surface area contributed by atoms with Gasteiger partial charge < -0.3 is 5.32 Å². The van der Waals surface area contributed by atoms with Crippen molar-refractivity contribution in [3.05, 3.63) is 16.6 Å². The molecule has 0 aliphatic heterocycles. The van der Waals surface area contributed by atoms with Crippen LogP contribution in [0, 0.1) is 5.41 Å². The van der Waals surface area contributed by atoms with Gasteiger partial charge in [0.25, 0.3) is 5.91 Å². The molecule has 1 amide bonds. The standard InChI is InChI=1S/C9H14N2OS/c1-9(2,3)5-10-8(12)7-4-13-6-11-7/h4,6H,5H2,1-3H3,(H,10,12). The van der Waals surface area contributed by atoms with E-state index in [1.165, 1.54) is 11.3 Å². The van der Waals surface area contributed by atoms with Crippen molar-refractivity contribution in [1.29, 1.82) is 0 Å². The van der Waals surface area contributed by atoms with Crippen molar-refractivity contribution in [2.45, 2.75) is 20.8 Å². The van der Waals surface area contributed by atoms with E-state index in [0.29, 0.717) is 12.2 Å². The van der Waals surface area contributed by atoms with Gasteiger partial charge in [0.2, 0.25) is 0 Å². The van der Waals surface area contributed by atoms with E-state index in [-0.39, 0.29) is 11.3 Å². The van der Waals surface area contributed by atoms with E-state index in [4.69, 9.17) is 0 Å². The van der Waals surface area contributed by atoms with Gasteiger partial charge in [0.1, 0.15) is 5.69 Å². The summed E-state index contributed by atoms with van der Waals surface area (Å²) in [6.45, 7) is 6.90. The van der Waals surface area contributed by atoms with Crippen LogP contribution in [-0.4, -0.2) is 17.4 Å². The van der Waals surface area contributed by atoms with Gasteiger partial charge in [-0.05, 0) is 5.41 Å². The van der Waals surface area contributed by atoms with Crippen LogP contribution in [0.1, 0.15) is 31.3 Å². The van der Waals surface area contributed by atoms with E-state index in [2.05, 4.69) is 31.1 Å². The fraction of sp³-hybridized carbons (Fsp3) is 0.556. The number of carbonyl (C=O) groups is 1. The van der Waals surface area contributed by atoms with Crippen LogP contribution in [0.5, 0.6) is 0 Å². The zero-order valence-corrected chi connectivity index (χ0v) is 8.94. The minimum atomic E-state index is -0.0869. The van der Waals surface area contributed by atoms with Crippen molar-refractivity contribution >= 4 is 17.2 Å². The molecule has 0 bridgehead atoms. The minimum Gasteiger partial charge on any atom is -0.350 e. The molecule has 0 spiro atoms. The van der Waals surface area contributed by atoms with Crippen LogP contribution in [-0.2, 0) is 0 Å². The number of carbonyl (C=O) groups excluding carboxylic acids is 1. The topological polar surface area (TPSA) is 42.0 Å². The first kappa shape index (κ1) is 10.2. The number of aromatic nitrogens is 1. The molecule has 0 atom stereocenters. The molecule has 1 aromatic rings. The zero-order chi connectivity index (χ0) is 9.90. The number of hydrogen-bond donors (Lipinski definition) is 1. The van der Waals surface area contributed by atoms with Gasteiger partial charge in [-0.15, -0.1) is 11.3 Å². The van der Waals surface area contributed by atoms with Gasteiger partial charge in [-0.25, -0.2) is 4.98 Å². The van der Waals surface area contributed by atoms with E-state index >= 15 is 0 Å². The molecule has 1 N–H and O–H groups in total. The van der Waals surface area contributed by atoms with Gasteiger partial charge in [-0.3, -0.25) is 4.79 Å². The Morgan fingerprint density at radius 3 is 2.77 bits per heavy atom. The van der Waals surface area contributed by atoms with Gasteiger partial charge in [0.15, 0.2) is 0 Å². The number of nitrogens with zero attached hydrogens (tertiary/aromatic N) is 1. The second-order valence-electron chi connectivity index (χ2n) is 4.12. The Labute approximate surface area is 82.2 Å². The molecule has 0 fully saturated rings. The Morgan fingerprint density at radius 1 is 1.62 bits per heavy atom. The molecule has 3 nitrogen and oxygen atoms in total. The first-order chi connectivity index (χ1) is 5.99. The summed E-state index contributed by atoms with van der Waals surface area (Å²) < 4.78 is 0. The molecule has 0 aromatic carbocycles. The highest BCUT2D eigenvalue weighted by atomic mass is 32.1. The molecule has 0 aliphatic carbocycles. The lowest BCUT2D eigenvalue weighted by molar-refractivity contribution is 0.0935. The lowest BCUT2D eigenvalue weighted by Crippen LogP contribution is -2.32. The Kier molecular flexibility index (Phi) is 3.03. The fourth-order valence-electron chi connectivity index (χ4n) is 0.761. The molecule has 1 heterocycles. The maximum Gasteiger partial charge on any atom is 0.270 e. The predicted molar refractivity (Wildman–Crippen MR) is 53.9 cm³/mol. The van der Waals surface area contributed by atoms with E-state index in [1.807, 2.05) is 0 Å². The van der Waals surface area contributed by atoms with Crippen molar-refractivity contribution in [3.8, 4) is 0 Å². The molecule has 13 heavy (non-hydrogen) atoms. The lowest BCUT2D eigenvalue weighted by Gasteiger charge is -2.17. The smallest absolute Gasteiger partial charge is 0.270 e. The van der Waals surface area contributed by atoms with Crippen LogP contribution in [0.4, 0.5) is 0 Å². The van der Waals surface area contributed by atoms with Gasteiger partial charge in [-0.1, -0.05) is 20.8 Å². The summed E-state index contributed by atoms with van der Waals surface area (Å²) in [7, 11) is 0. The van der Waals surface area contributed by atoms with Gasteiger partial charge >= 0.3 is 0 Å². The second-order valence-corrected chi connectivity index (χ2v) is 4.84. The maximum absolute atomic E-state index is 11.4. The first-order valence-electron chi connectivity index (χ1n) is 4.15. The summed E-state index contributed by atoms with van der Waals surface area (Å²) in [5.74, 6) is -0.0869. The summed E-state index contributed by atoms with van der Waals surface area (Å²) in [5.41, 5.74) is 2.28. The quantitative estimate of drug-likeness (QED) is 0.788. The van der Waals surface area contributed by atoms with Crippen molar-refractivity contribution in [3.63, 3.8) is 0 Å². The third-order valence-electron chi connectivity index (χ3n) is 1.44. The lowest BCUT2D eigenvalue weighted by atomic mass is 9.97. The highest BCUT2D eigenvalue weighted by Crippen LogP contribution is 2.10. The summed E-state index contributed by atoms with van der Waals surface area (Å²) >= 11 is 1.43. The second kappa shape index (κ2) is 3.87. The average molecular weight is 198 g/mol. The highest BCUT2D eigenvalue weighted by Gasteiger charge is 2.13. The summed E-state index contributed by atoms with van der Waals surface area (Å²) in [6.07, 6.45) is 0. The fourth-order valence-corrected chi connectivity index (χ4v) is 1.29. The Balaban J connectivity index is 2.44. The predicted octanol–water partition coefficient (Wildman–Crippen LogP) is 1.92. The first-order valence-corrected chi connectivity index (χ1v) is 5.10. The van der Waals surface area contributed by atoms with E-state index < -0.39 is 0 Å². The SMILES string of the molecule is CC(C)(C)CNC(=O)c1cscn1. The summed E-state index contributed by atoms with van der Waals surface area (Å²) in [6, 6.07) is 0. The van der Waals surface area contributed by atoms with Crippen molar-refractivity contribution in [2.24, 2.45) is 5.41 Å². The van der Waals surface area contributed by atoms with Crippen LogP contribution in [0.2, 0.25) is 0 Å². The van der Waals surface area contributed by atoms with Gasteiger partial charge in [0.05, 0.1) is 5.51 Å². The van der Waals surface area contributed by atoms with Crippen molar-refractivity contribution in [1.82, 2.24) is 10.3 Å². The number of thiazole rings is 1. The van der Waals surface area contributed by atoms with Crippen LogP contribution in [0.15, 0.2) is 10.9 Å². The molecular weight excluding hydrogens is 184 g/mol. The molecule has 4 heteroatoms. The van der Waals surface area contributed by atoms with Crippen LogP contribution in [0.25, 0.3) is 0 Å². The normalized spacial score (nSPS) is 11.3. The number of amides is 1.